The largest absolute Gasteiger partial charge is 0.496 e. The number of ether oxygens (including phenoxy) is 2. The fraction of sp³-hybridized carbons (Fsp3) is 0.320. The van der Waals surface area contributed by atoms with Gasteiger partial charge in [-0.05, 0) is 67.2 Å². The molecule has 1 N–H and O–H groups in total. The van der Waals surface area contributed by atoms with Crippen molar-refractivity contribution in [3.05, 3.63) is 58.2 Å². The molecule has 2 aromatic carbocycles. The van der Waals surface area contributed by atoms with Gasteiger partial charge in [-0.15, -0.1) is 11.3 Å². The summed E-state index contributed by atoms with van der Waals surface area (Å²) < 4.78 is 12.4. The first-order valence-corrected chi connectivity index (χ1v) is 11.7. The van der Waals surface area contributed by atoms with Gasteiger partial charge in [-0.25, -0.2) is 0 Å². The van der Waals surface area contributed by atoms with E-state index in [4.69, 9.17) is 9.47 Å². The molecule has 0 radical (unpaired) electrons. The highest BCUT2D eigenvalue weighted by molar-refractivity contribution is 7.17. The van der Waals surface area contributed by atoms with Crippen molar-refractivity contribution in [2.75, 3.05) is 33.4 Å². The molecule has 5 rings (SSSR count). The summed E-state index contributed by atoms with van der Waals surface area (Å²) in [5.41, 5.74) is 2.78. The molecule has 6 heteroatoms. The lowest BCUT2D eigenvalue weighted by Gasteiger charge is -2.26. The van der Waals surface area contributed by atoms with Crippen LogP contribution in [0.5, 0.6) is 11.5 Å². The van der Waals surface area contributed by atoms with Gasteiger partial charge in [-0.1, -0.05) is 18.6 Å². The number of nitrogens with one attached hydrogen (secondary N) is 1. The third-order valence-electron chi connectivity index (χ3n) is 6.04. The van der Waals surface area contributed by atoms with Gasteiger partial charge in [0.25, 0.3) is 5.56 Å². The monoisotopic (exact) mass is 434 g/mol. The summed E-state index contributed by atoms with van der Waals surface area (Å²) in [5.74, 6) is 1.65. The molecule has 5 nitrogen and oxygen atoms in total. The van der Waals surface area contributed by atoms with Gasteiger partial charge in [0.2, 0.25) is 0 Å². The Kier molecular flexibility index (Phi) is 5.66. The third kappa shape index (κ3) is 3.93. The van der Waals surface area contributed by atoms with Crippen LogP contribution in [0.4, 0.5) is 0 Å². The molecule has 3 heterocycles. The number of hydrogen-bond donors (Lipinski definition) is 1. The molecule has 2 aromatic heterocycles. The standard InChI is InChI=1S/C25H26N2O3S/c1-29-21-10-9-20-23(19-11-16-31-24(19)25(28)26-20)22(21)17-5-7-18(8-6-17)30-15-14-27-12-3-2-4-13-27/h5-11,16H,2-4,12-15H2,1H3,(H,26,28). The van der Waals surface area contributed by atoms with Crippen molar-refractivity contribution in [2.24, 2.45) is 0 Å². The highest BCUT2D eigenvalue weighted by Gasteiger charge is 2.16. The molecule has 1 saturated heterocycles. The van der Waals surface area contributed by atoms with Gasteiger partial charge in [0.1, 0.15) is 22.8 Å². The van der Waals surface area contributed by atoms with Crippen molar-refractivity contribution < 1.29 is 9.47 Å². The number of H-pyrrole nitrogens is 1. The quantitative estimate of drug-likeness (QED) is 0.448. The van der Waals surface area contributed by atoms with E-state index in [9.17, 15) is 4.79 Å². The summed E-state index contributed by atoms with van der Waals surface area (Å²) in [6, 6.07) is 14.0. The van der Waals surface area contributed by atoms with Crippen molar-refractivity contribution in [1.29, 1.82) is 0 Å². The fourth-order valence-corrected chi connectivity index (χ4v) is 5.27. The van der Waals surface area contributed by atoms with Gasteiger partial charge >= 0.3 is 0 Å². The van der Waals surface area contributed by atoms with E-state index in [1.54, 1.807) is 7.11 Å². The fourth-order valence-electron chi connectivity index (χ4n) is 4.48. The summed E-state index contributed by atoms with van der Waals surface area (Å²) >= 11 is 1.46. The number of likely N-dealkylation sites (tertiary alicyclic amines) is 1. The topological polar surface area (TPSA) is 54.6 Å². The Morgan fingerprint density at radius 1 is 1.03 bits per heavy atom. The van der Waals surface area contributed by atoms with E-state index < -0.39 is 0 Å². The zero-order valence-electron chi connectivity index (χ0n) is 17.6. The van der Waals surface area contributed by atoms with Crippen LogP contribution in [0.2, 0.25) is 0 Å². The molecule has 1 aliphatic heterocycles. The Morgan fingerprint density at radius 2 is 1.84 bits per heavy atom. The zero-order valence-corrected chi connectivity index (χ0v) is 18.5. The Labute approximate surface area is 185 Å². The van der Waals surface area contributed by atoms with Crippen molar-refractivity contribution in [2.45, 2.75) is 19.3 Å². The van der Waals surface area contributed by atoms with Crippen molar-refractivity contribution in [3.63, 3.8) is 0 Å². The van der Waals surface area contributed by atoms with E-state index >= 15 is 0 Å². The lowest BCUT2D eigenvalue weighted by atomic mass is 9.97. The molecule has 0 atom stereocenters. The van der Waals surface area contributed by atoms with Crippen LogP contribution in [0, 0.1) is 0 Å². The second kappa shape index (κ2) is 8.73. The molecular formula is C25H26N2O3S. The highest BCUT2D eigenvalue weighted by atomic mass is 32.1. The lowest BCUT2D eigenvalue weighted by molar-refractivity contribution is 0.183. The average molecular weight is 435 g/mol. The minimum absolute atomic E-state index is 0.0499. The van der Waals surface area contributed by atoms with Gasteiger partial charge in [0.15, 0.2) is 0 Å². The van der Waals surface area contributed by atoms with Gasteiger partial charge in [0, 0.05) is 28.4 Å². The van der Waals surface area contributed by atoms with Crippen LogP contribution < -0.4 is 15.0 Å². The maximum Gasteiger partial charge on any atom is 0.266 e. The second-order valence-electron chi connectivity index (χ2n) is 7.96. The molecule has 0 unspecified atom stereocenters. The van der Waals surface area contributed by atoms with Gasteiger partial charge in [0.05, 0.1) is 7.11 Å². The molecule has 0 amide bonds. The van der Waals surface area contributed by atoms with Crippen molar-refractivity contribution in [1.82, 2.24) is 9.88 Å². The van der Waals surface area contributed by atoms with E-state index in [2.05, 4.69) is 22.0 Å². The summed E-state index contributed by atoms with van der Waals surface area (Å²) in [4.78, 5) is 17.9. The number of nitrogens with zero attached hydrogens (tertiary/aromatic N) is 1. The van der Waals surface area contributed by atoms with Crippen LogP contribution in [0.1, 0.15) is 19.3 Å². The lowest BCUT2D eigenvalue weighted by Crippen LogP contribution is -2.33. The average Bonchev–Trinajstić information content (AvgIpc) is 3.31. The summed E-state index contributed by atoms with van der Waals surface area (Å²) in [7, 11) is 1.68. The number of fused-ring (bicyclic) bond motifs is 3. The molecule has 31 heavy (non-hydrogen) atoms. The van der Waals surface area contributed by atoms with Crippen LogP contribution in [0.3, 0.4) is 0 Å². The maximum absolute atomic E-state index is 12.4. The first-order valence-electron chi connectivity index (χ1n) is 10.8. The van der Waals surface area contributed by atoms with Crippen LogP contribution >= 0.6 is 11.3 Å². The normalized spacial score (nSPS) is 14.9. The Morgan fingerprint density at radius 3 is 2.61 bits per heavy atom. The smallest absolute Gasteiger partial charge is 0.266 e. The van der Waals surface area contributed by atoms with Crippen molar-refractivity contribution >= 4 is 32.3 Å². The van der Waals surface area contributed by atoms with Crippen LogP contribution in [0.15, 0.2) is 52.6 Å². The minimum atomic E-state index is -0.0499. The number of methoxy groups -OCH3 is 1. The molecule has 1 fully saturated rings. The van der Waals surface area contributed by atoms with Gasteiger partial charge in [-0.2, -0.15) is 0 Å². The number of hydrogen-bond acceptors (Lipinski definition) is 5. The van der Waals surface area contributed by atoms with E-state index in [1.807, 2.05) is 35.7 Å². The Bertz CT molecular complexity index is 1250. The van der Waals surface area contributed by atoms with E-state index in [1.165, 1.54) is 43.7 Å². The number of piperidine rings is 1. The van der Waals surface area contributed by atoms with Gasteiger partial charge in [-0.3, -0.25) is 9.69 Å². The summed E-state index contributed by atoms with van der Waals surface area (Å²) in [5, 5.41) is 3.93. The number of thiophene rings is 1. The maximum atomic E-state index is 12.4. The van der Waals surface area contributed by atoms with E-state index in [-0.39, 0.29) is 5.56 Å². The first-order chi connectivity index (χ1) is 15.2. The third-order valence-corrected chi connectivity index (χ3v) is 6.96. The van der Waals surface area contributed by atoms with Crippen LogP contribution in [0.25, 0.3) is 32.1 Å². The predicted octanol–water partition coefficient (Wildman–Crippen LogP) is 5.28. The number of aromatic nitrogens is 1. The van der Waals surface area contributed by atoms with Crippen LogP contribution in [-0.4, -0.2) is 43.2 Å². The zero-order chi connectivity index (χ0) is 21.2. The first kappa shape index (κ1) is 20.1. The SMILES string of the molecule is COc1ccc2[nH]c(=O)c3sccc3c2c1-c1ccc(OCCN2CCCCC2)cc1. The molecule has 0 spiro atoms. The number of benzene rings is 2. The predicted molar refractivity (Wildman–Crippen MR) is 128 cm³/mol. The van der Waals surface area contributed by atoms with Gasteiger partial charge < -0.3 is 14.5 Å². The second-order valence-corrected chi connectivity index (χ2v) is 8.87. The van der Waals surface area contributed by atoms with Crippen LogP contribution in [-0.2, 0) is 0 Å². The number of pyridine rings is 1. The molecule has 0 aliphatic carbocycles. The molecule has 0 bridgehead atoms. The number of aromatic amines is 1. The summed E-state index contributed by atoms with van der Waals surface area (Å²) in [6.45, 7) is 4.04. The molecule has 1 aliphatic rings. The number of rotatable bonds is 6. The molecular weight excluding hydrogens is 408 g/mol. The Hall–Kier alpha value is -2.83. The molecule has 0 saturated carbocycles. The van der Waals surface area contributed by atoms with E-state index in [0.29, 0.717) is 6.61 Å². The molecule has 4 aromatic rings. The minimum Gasteiger partial charge on any atom is -0.496 e. The van der Waals surface area contributed by atoms with Crippen molar-refractivity contribution in [3.8, 4) is 22.6 Å². The highest BCUT2D eigenvalue weighted by Crippen LogP contribution is 2.40. The Balaban J connectivity index is 1.46. The van der Waals surface area contributed by atoms with E-state index in [0.717, 1.165) is 50.2 Å². The molecule has 160 valence electrons. The summed E-state index contributed by atoms with van der Waals surface area (Å²) in [6.07, 6.45) is 3.94.